The Morgan fingerprint density at radius 3 is 2.95 bits per heavy atom. The van der Waals surface area contributed by atoms with Crippen molar-refractivity contribution >= 4 is 0 Å². The molecule has 19 heavy (non-hydrogen) atoms. The fourth-order valence-electron chi connectivity index (χ4n) is 2.89. The molecule has 2 unspecified atom stereocenters. The molecule has 0 aliphatic heterocycles. The number of pyridine rings is 1. The number of aliphatic hydroxyl groups excluding tert-OH is 1. The van der Waals surface area contributed by atoms with E-state index < -0.39 is 6.10 Å². The van der Waals surface area contributed by atoms with Crippen LogP contribution in [-0.2, 0) is 12.8 Å². The highest BCUT2D eigenvalue weighted by molar-refractivity contribution is 5.32. The number of fused-ring (bicyclic) bond motifs is 1. The Morgan fingerprint density at radius 2 is 2.11 bits per heavy atom. The Hall–Kier alpha value is -1.74. The summed E-state index contributed by atoms with van der Waals surface area (Å²) in [6.45, 7) is 0. The van der Waals surface area contributed by atoms with E-state index in [2.05, 4.69) is 11.1 Å². The van der Waals surface area contributed by atoms with Crippen molar-refractivity contribution in [1.29, 1.82) is 0 Å². The molecular weight excluding hydrogens is 241 g/mol. The van der Waals surface area contributed by atoms with Gasteiger partial charge in [-0.3, -0.25) is 4.98 Å². The molecular formula is C16H16FNO. The van der Waals surface area contributed by atoms with E-state index in [4.69, 9.17) is 0 Å². The quantitative estimate of drug-likeness (QED) is 0.897. The first-order valence-electron chi connectivity index (χ1n) is 6.59. The van der Waals surface area contributed by atoms with Gasteiger partial charge in [-0.25, -0.2) is 4.39 Å². The third-order valence-electron chi connectivity index (χ3n) is 3.86. The Morgan fingerprint density at radius 1 is 1.26 bits per heavy atom. The Bertz CT molecular complexity index is 584. The Balaban J connectivity index is 1.81. The minimum atomic E-state index is -0.465. The zero-order valence-corrected chi connectivity index (χ0v) is 10.6. The number of aromatic nitrogens is 1. The summed E-state index contributed by atoms with van der Waals surface area (Å²) in [6, 6.07) is 9.51. The molecule has 1 aromatic carbocycles. The van der Waals surface area contributed by atoms with E-state index in [9.17, 15) is 9.50 Å². The predicted octanol–water partition coefficient (Wildman–Crippen LogP) is 3.06. The molecule has 0 spiro atoms. The van der Waals surface area contributed by atoms with Crippen LogP contribution < -0.4 is 0 Å². The average Bonchev–Trinajstić information content (AvgIpc) is 2.42. The number of nitrogens with zero attached hydrogens (tertiary/aromatic N) is 1. The number of hydrogen-bond acceptors (Lipinski definition) is 2. The topological polar surface area (TPSA) is 33.1 Å². The lowest BCUT2D eigenvalue weighted by atomic mass is 9.79. The van der Waals surface area contributed by atoms with Crippen molar-refractivity contribution in [1.82, 2.24) is 4.98 Å². The van der Waals surface area contributed by atoms with Gasteiger partial charge in [0.15, 0.2) is 0 Å². The highest BCUT2D eigenvalue weighted by Gasteiger charge is 2.27. The van der Waals surface area contributed by atoms with E-state index >= 15 is 0 Å². The SMILES string of the molecule is OC1c2ccccc2CCC1Cc1cncc(F)c1. The van der Waals surface area contributed by atoms with Gasteiger partial charge in [0.25, 0.3) is 0 Å². The van der Waals surface area contributed by atoms with Gasteiger partial charge in [-0.15, -0.1) is 0 Å². The van der Waals surface area contributed by atoms with E-state index in [-0.39, 0.29) is 11.7 Å². The highest BCUT2D eigenvalue weighted by atomic mass is 19.1. The van der Waals surface area contributed by atoms with Gasteiger partial charge in [0.05, 0.1) is 12.3 Å². The summed E-state index contributed by atoms with van der Waals surface area (Å²) in [6.07, 6.45) is 4.98. The van der Waals surface area contributed by atoms with E-state index in [1.54, 1.807) is 6.20 Å². The monoisotopic (exact) mass is 257 g/mol. The normalized spacial score (nSPS) is 22.0. The van der Waals surface area contributed by atoms with Crippen LogP contribution in [0.2, 0.25) is 0 Å². The molecule has 1 aliphatic rings. The maximum atomic E-state index is 13.1. The maximum absolute atomic E-state index is 13.1. The second-order valence-corrected chi connectivity index (χ2v) is 5.16. The van der Waals surface area contributed by atoms with E-state index in [1.165, 1.54) is 17.8 Å². The smallest absolute Gasteiger partial charge is 0.141 e. The van der Waals surface area contributed by atoms with Gasteiger partial charge in [-0.1, -0.05) is 24.3 Å². The lowest BCUT2D eigenvalue weighted by Crippen LogP contribution is -2.22. The fourth-order valence-corrected chi connectivity index (χ4v) is 2.89. The molecule has 0 radical (unpaired) electrons. The van der Waals surface area contributed by atoms with E-state index in [0.717, 1.165) is 24.0 Å². The molecule has 0 fully saturated rings. The first-order valence-corrected chi connectivity index (χ1v) is 6.59. The first-order chi connectivity index (χ1) is 9.24. The Labute approximate surface area is 111 Å². The van der Waals surface area contributed by atoms with Crippen LogP contribution in [-0.4, -0.2) is 10.1 Å². The lowest BCUT2D eigenvalue weighted by molar-refractivity contribution is 0.0936. The van der Waals surface area contributed by atoms with Crippen molar-refractivity contribution < 1.29 is 9.50 Å². The van der Waals surface area contributed by atoms with Crippen molar-refractivity contribution in [2.75, 3.05) is 0 Å². The largest absolute Gasteiger partial charge is 0.388 e. The molecule has 0 saturated heterocycles. The van der Waals surface area contributed by atoms with Crippen LogP contribution in [0.4, 0.5) is 4.39 Å². The molecule has 3 rings (SSSR count). The molecule has 0 amide bonds. The lowest BCUT2D eigenvalue weighted by Gasteiger charge is -2.30. The fraction of sp³-hybridized carbons (Fsp3) is 0.312. The Kier molecular flexibility index (Phi) is 3.30. The second-order valence-electron chi connectivity index (χ2n) is 5.16. The first kappa shape index (κ1) is 12.3. The van der Waals surface area contributed by atoms with Crippen LogP contribution in [0.3, 0.4) is 0 Å². The third kappa shape index (κ3) is 2.51. The van der Waals surface area contributed by atoms with Gasteiger partial charge >= 0.3 is 0 Å². The predicted molar refractivity (Wildman–Crippen MR) is 71.1 cm³/mol. The van der Waals surface area contributed by atoms with Crippen molar-refractivity contribution in [2.45, 2.75) is 25.4 Å². The van der Waals surface area contributed by atoms with Gasteiger partial charge in [0, 0.05) is 6.20 Å². The molecule has 98 valence electrons. The van der Waals surface area contributed by atoms with Crippen LogP contribution >= 0.6 is 0 Å². The van der Waals surface area contributed by atoms with Crippen LogP contribution in [0.15, 0.2) is 42.7 Å². The van der Waals surface area contributed by atoms with Crippen LogP contribution in [0.1, 0.15) is 29.2 Å². The van der Waals surface area contributed by atoms with Gasteiger partial charge in [-0.05, 0) is 47.9 Å². The van der Waals surface area contributed by atoms with Crippen molar-refractivity contribution in [3.8, 4) is 0 Å². The molecule has 2 atom stereocenters. The summed E-state index contributed by atoms with van der Waals surface area (Å²) in [4.78, 5) is 3.86. The third-order valence-corrected chi connectivity index (χ3v) is 3.86. The van der Waals surface area contributed by atoms with Crippen molar-refractivity contribution in [2.24, 2.45) is 5.92 Å². The number of aryl methyl sites for hydroxylation is 1. The minimum Gasteiger partial charge on any atom is -0.388 e. The minimum absolute atomic E-state index is 0.137. The molecule has 3 heteroatoms. The molecule has 0 saturated carbocycles. The molecule has 2 aromatic rings. The molecule has 1 aliphatic carbocycles. The molecule has 1 N–H and O–H groups in total. The summed E-state index contributed by atoms with van der Waals surface area (Å²) in [5.41, 5.74) is 3.09. The van der Waals surface area contributed by atoms with Crippen molar-refractivity contribution in [3.05, 3.63) is 65.2 Å². The number of halogens is 1. The molecule has 1 heterocycles. The second kappa shape index (κ2) is 5.10. The average molecular weight is 257 g/mol. The highest BCUT2D eigenvalue weighted by Crippen LogP contribution is 2.36. The van der Waals surface area contributed by atoms with Gasteiger partial charge in [0.2, 0.25) is 0 Å². The van der Waals surface area contributed by atoms with Crippen LogP contribution in [0.25, 0.3) is 0 Å². The van der Waals surface area contributed by atoms with Crippen LogP contribution in [0, 0.1) is 11.7 Å². The summed E-state index contributed by atoms with van der Waals surface area (Å²) in [7, 11) is 0. The van der Waals surface area contributed by atoms with Gasteiger partial charge in [0.1, 0.15) is 5.82 Å². The summed E-state index contributed by atoms with van der Waals surface area (Å²) in [5.74, 6) is -0.179. The van der Waals surface area contributed by atoms with Crippen LogP contribution in [0.5, 0.6) is 0 Å². The van der Waals surface area contributed by atoms with Crippen molar-refractivity contribution in [3.63, 3.8) is 0 Å². The summed E-state index contributed by atoms with van der Waals surface area (Å²) >= 11 is 0. The molecule has 1 aromatic heterocycles. The van der Waals surface area contributed by atoms with Gasteiger partial charge in [-0.2, -0.15) is 0 Å². The number of benzene rings is 1. The maximum Gasteiger partial charge on any atom is 0.141 e. The van der Waals surface area contributed by atoms with E-state index in [1.807, 2.05) is 18.2 Å². The zero-order valence-electron chi connectivity index (χ0n) is 10.6. The summed E-state index contributed by atoms with van der Waals surface area (Å²) in [5, 5.41) is 10.4. The molecule has 0 bridgehead atoms. The zero-order chi connectivity index (χ0) is 13.2. The number of aliphatic hydroxyl groups is 1. The van der Waals surface area contributed by atoms with E-state index in [0.29, 0.717) is 6.42 Å². The summed E-state index contributed by atoms with van der Waals surface area (Å²) < 4.78 is 13.1. The number of hydrogen-bond donors (Lipinski definition) is 1. The standard InChI is InChI=1S/C16H16FNO/c17-14-8-11(9-18-10-14)7-13-6-5-12-3-1-2-4-15(12)16(13)19/h1-4,8-10,13,16,19H,5-7H2. The van der Waals surface area contributed by atoms with Gasteiger partial charge < -0.3 is 5.11 Å². The number of rotatable bonds is 2. The molecule has 2 nitrogen and oxygen atoms in total.